The largest absolute Gasteiger partial charge is 0.477 e. The van der Waals surface area contributed by atoms with Gasteiger partial charge in [0.15, 0.2) is 0 Å². The number of amides is 2. The molecule has 8 nitrogen and oxygen atoms in total. The predicted octanol–water partition coefficient (Wildman–Crippen LogP) is 0.754. The fraction of sp³-hybridized carbons (Fsp3) is 0.429. The van der Waals surface area contributed by atoms with Crippen LogP contribution in [0.15, 0.2) is 11.3 Å². The van der Waals surface area contributed by atoms with Crippen LogP contribution in [-0.4, -0.2) is 54.7 Å². The normalized spacial score (nSPS) is 23.0. The summed E-state index contributed by atoms with van der Waals surface area (Å²) in [6.45, 7) is 3.36. The quantitative estimate of drug-likeness (QED) is 0.761. The van der Waals surface area contributed by atoms with Gasteiger partial charge in [0, 0.05) is 12.8 Å². The molecule has 1 saturated heterocycles. The second-order valence-corrected chi connectivity index (χ2v) is 7.15. The van der Waals surface area contributed by atoms with Crippen LogP contribution in [0.2, 0.25) is 5.02 Å². The summed E-state index contributed by atoms with van der Waals surface area (Å²) in [5, 5.41) is 15.8. The molecule has 0 aliphatic carbocycles. The van der Waals surface area contributed by atoms with Crippen molar-refractivity contribution in [3.8, 4) is 0 Å². The van der Waals surface area contributed by atoms with E-state index in [-0.39, 0.29) is 16.4 Å². The van der Waals surface area contributed by atoms with Gasteiger partial charge >= 0.3 is 5.97 Å². The number of nitrogens with one attached hydrogen (secondary N) is 1. The fourth-order valence-electron chi connectivity index (χ4n) is 2.86. The summed E-state index contributed by atoms with van der Waals surface area (Å²) in [7, 11) is 1.59. The molecule has 2 atom stereocenters. The maximum Gasteiger partial charge on any atom is 0.352 e. The monoisotopic (exact) mass is 370 g/mol. The van der Waals surface area contributed by atoms with Gasteiger partial charge in [0.2, 0.25) is 0 Å². The molecule has 128 valence electrons. The van der Waals surface area contributed by atoms with Crippen molar-refractivity contribution < 1.29 is 19.5 Å². The molecule has 2 N–H and O–H groups in total. The summed E-state index contributed by atoms with van der Waals surface area (Å²) >= 11 is 7.50. The van der Waals surface area contributed by atoms with Gasteiger partial charge in [-0.3, -0.25) is 19.2 Å². The van der Waals surface area contributed by atoms with Crippen LogP contribution in [0.25, 0.3) is 0 Å². The van der Waals surface area contributed by atoms with Gasteiger partial charge in [0.25, 0.3) is 11.8 Å². The van der Waals surface area contributed by atoms with Crippen molar-refractivity contribution in [2.24, 2.45) is 7.05 Å². The zero-order chi connectivity index (χ0) is 17.8. The topological polar surface area (TPSA) is 105 Å². The molecule has 0 spiro atoms. The number of carboxylic acid groups (broad SMARTS) is 1. The average molecular weight is 371 g/mol. The van der Waals surface area contributed by atoms with Crippen molar-refractivity contribution in [1.29, 1.82) is 0 Å². The maximum absolute atomic E-state index is 12.4. The molecule has 3 rings (SSSR count). The Bertz CT molecular complexity index is 803. The zero-order valence-electron chi connectivity index (χ0n) is 13.2. The van der Waals surface area contributed by atoms with Gasteiger partial charge in [-0.2, -0.15) is 5.10 Å². The SMILES string of the molecule is CC1=C(C(=O)O)N2C(=O)[C@@H](NC(=O)c3c(Cl)c(C)nn3C)[C@@H]2SC1. The lowest BCUT2D eigenvalue weighted by atomic mass is 10.0. The third-order valence-corrected chi connectivity index (χ3v) is 5.89. The Morgan fingerprint density at radius 1 is 1.42 bits per heavy atom. The Balaban J connectivity index is 1.81. The van der Waals surface area contributed by atoms with Crippen LogP contribution in [0.3, 0.4) is 0 Å². The molecule has 2 aliphatic heterocycles. The van der Waals surface area contributed by atoms with Gasteiger partial charge in [0.1, 0.15) is 22.8 Å². The van der Waals surface area contributed by atoms with Crippen molar-refractivity contribution in [3.05, 3.63) is 27.7 Å². The van der Waals surface area contributed by atoms with Crippen molar-refractivity contribution in [2.75, 3.05) is 5.75 Å². The maximum atomic E-state index is 12.4. The van der Waals surface area contributed by atoms with Crippen LogP contribution >= 0.6 is 23.4 Å². The van der Waals surface area contributed by atoms with Crippen LogP contribution in [0.5, 0.6) is 0 Å². The molecular formula is C14H15ClN4O4S. The van der Waals surface area contributed by atoms with E-state index in [1.807, 2.05) is 0 Å². The molecule has 24 heavy (non-hydrogen) atoms. The molecule has 2 amide bonds. The minimum Gasteiger partial charge on any atom is -0.477 e. The van der Waals surface area contributed by atoms with Gasteiger partial charge < -0.3 is 10.4 Å². The fourth-order valence-corrected chi connectivity index (χ4v) is 4.40. The number of nitrogens with zero attached hydrogens (tertiary/aromatic N) is 3. The summed E-state index contributed by atoms with van der Waals surface area (Å²) in [5.41, 5.74) is 1.33. The molecule has 3 heterocycles. The third kappa shape index (κ3) is 2.39. The van der Waals surface area contributed by atoms with E-state index in [9.17, 15) is 19.5 Å². The number of aliphatic carboxylic acids is 1. The second-order valence-electron chi connectivity index (χ2n) is 5.67. The van der Waals surface area contributed by atoms with Crippen LogP contribution in [0.1, 0.15) is 23.1 Å². The van der Waals surface area contributed by atoms with Crippen LogP contribution in [0.4, 0.5) is 0 Å². The molecule has 2 aliphatic rings. The summed E-state index contributed by atoms with van der Waals surface area (Å²) in [4.78, 5) is 37.4. The lowest BCUT2D eigenvalue weighted by Gasteiger charge is -2.49. The van der Waals surface area contributed by atoms with E-state index < -0.39 is 29.2 Å². The number of hydrogen-bond donors (Lipinski definition) is 2. The molecule has 1 aromatic heterocycles. The van der Waals surface area contributed by atoms with E-state index in [0.29, 0.717) is 17.0 Å². The first-order chi connectivity index (χ1) is 11.2. The number of rotatable bonds is 3. The zero-order valence-corrected chi connectivity index (χ0v) is 14.7. The number of β-lactam (4-membered cyclic amide) rings is 1. The van der Waals surface area contributed by atoms with Crippen molar-refractivity contribution in [3.63, 3.8) is 0 Å². The minimum absolute atomic E-state index is 0.00339. The Labute approximate surface area is 146 Å². The van der Waals surface area contributed by atoms with Gasteiger partial charge in [-0.1, -0.05) is 11.6 Å². The van der Waals surface area contributed by atoms with E-state index in [0.717, 1.165) is 0 Å². The summed E-state index contributed by atoms with van der Waals surface area (Å²) in [5.74, 6) is -1.59. The summed E-state index contributed by atoms with van der Waals surface area (Å²) < 4.78 is 1.36. The Hall–Kier alpha value is -2.00. The highest BCUT2D eigenvalue weighted by Gasteiger charge is 2.53. The molecule has 0 saturated carbocycles. The molecule has 0 radical (unpaired) electrons. The molecule has 0 unspecified atom stereocenters. The Morgan fingerprint density at radius 3 is 2.62 bits per heavy atom. The van der Waals surface area contributed by atoms with Gasteiger partial charge in [0.05, 0.1) is 10.7 Å². The predicted molar refractivity (Wildman–Crippen MR) is 87.6 cm³/mol. The number of fused-ring (bicyclic) bond motifs is 1. The van der Waals surface area contributed by atoms with E-state index in [1.165, 1.54) is 21.3 Å². The first-order valence-corrected chi connectivity index (χ1v) is 8.54. The number of aromatic nitrogens is 2. The highest BCUT2D eigenvalue weighted by atomic mass is 35.5. The van der Waals surface area contributed by atoms with Crippen LogP contribution < -0.4 is 5.32 Å². The smallest absolute Gasteiger partial charge is 0.352 e. The van der Waals surface area contributed by atoms with Crippen molar-refractivity contribution in [2.45, 2.75) is 25.3 Å². The molecule has 0 bridgehead atoms. The molecule has 0 aromatic carbocycles. The number of halogens is 1. The Morgan fingerprint density at radius 2 is 2.08 bits per heavy atom. The van der Waals surface area contributed by atoms with Crippen molar-refractivity contribution >= 4 is 41.1 Å². The van der Waals surface area contributed by atoms with Gasteiger partial charge in [-0.15, -0.1) is 11.8 Å². The first kappa shape index (κ1) is 16.8. The highest BCUT2D eigenvalue weighted by Crippen LogP contribution is 2.40. The van der Waals surface area contributed by atoms with E-state index in [4.69, 9.17) is 11.6 Å². The highest BCUT2D eigenvalue weighted by molar-refractivity contribution is 8.00. The molecule has 1 aromatic rings. The van der Waals surface area contributed by atoms with Crippen LogP contribution in [-0.2, 0) is 16.6 Å². The van der Waals surface area contributed by atoms with Gasteiger partial charge in [-0.05, 0) is 19.4 Å². The number of aryl methyl sites for hydroxylation is 2. The average Bonchev–Trinajstić information content (AvgIpc) is 2.76. The number of hydrogen-bond acceptors (Lipinski definition) is 5. The van der Waals surface area contributed by atoms with Crippen molar-refractivity contribution in [1.82, 2.24) is 20.0 Å². The number of carbonyl (C=O) groups is 3. The Kier molecular flexibility index (Phi) is 4.08. The summed E-state index contributed by atoms with van der Waals surface area (Å²) in [6.07, 6.45) is 0. The van der Waals surface area contributed by atoms with E-state index in [2.05, 4.69) is 10.4 Å². The standard InChI is InChI=1S/C14H15ClN4O4S/c1-5-4-24-13-8(12(21)19(13)9(5)14(22)23)16-11(20)10-7(15)6(2)17-18(10)3/h8,13H,4H2,1-3H3,(H,16,20)(H,22,23)/t8-,13+/m1/s1. The lowest BCUT2D eigenvalue weighted by Crippen LogP contribution is -2.70. The van der Waals surface area contributed by atoms with Crippen LogP contribution in [0, 0.1) is 6.92 Å². The third-order valence-electron chi connectivity index (χ3n) is 4.01. The number of carbonyl (C=O) groups excluding carboxylic acids is 2. The van der Waals surface area contributed by atoms with E-state index in [1.54, 1.807) is 20.9 Å². The molecule has 1 fully saturated rings. The minimum atomic E-state index is -1.14. The number of thioether (sulfide) groups is 1. The lowest BCUT2D eigenvalue weighted by molar-refractivity contribution is -0.148. The number of carboxylic acids is 1. The first-order valence-electron chi connectivity index (χ1n) is 7.11. The summed E-state index contributed by atoms with van der Waals surface area (Å²) in [6, 6.07) is -0.781. The molecule has 10 heteroatoms. The van der Waals surface area contributed by atoms with Gasteiger partial charge in [-0.25, -0.2) is 4.79 Å². The molecular weight excluding hydrogens is 356 g/mol. The second kappa shape index (κ2) is 5.82. The van der Waals surface area contributed by atoms with E-state index >= 15 is 0 Å².